The fraction of sp³-hybridized carbons (Fsp3) is 0.600. The van der Waals surface area contributed by atoms with E-state index >= 15 is 0 Å². The SMILES string of the molecule is CCCOc1ccc(NC2CCCN(C)C2)cc1Cl. The number of hydrogen-bond donors (Lipinski definition) is 1. The van der Waals surface area contributed by atoms with Crippen LogP contribution in [0.1, 0.15) is 26.2 Å². The maximum absolute atomic E-state index is 6.24. The number of anilines is 1. The Morgan fingerprint density at radius 2 is 2.32 bits per heavy atom. The van der Waals surface area contributed by atoms with Crippen molar-refractivity contribution in [2.24, 2.45) is 0 Å². The lowest BCUT2D eigenvalue weighted by Crippen LogP contribution is -2.39. The second kappa shape index (κ2) is 7.01. The molecule has 1 fully saturated rings. The van der Waals surface area contributed by atoms with E-state index < -0.39 is 0 Å². The number of likely N-dealkylation sites (tertiary alicyclic amines) is 1. The van der Waals surface area contributed by atoms with Crippen LogP contribution in [0.4, 0.5) is 5.69 Å². The fourth-order valence-electron chi connectivity index (χ4n) is 2.44. The topological polar surface area (TPSA) is 24.5 Å². The Morgan fingerprint density at radius 3 is 3.00 bits per heavy atom. The van der Waals surface area contributed by atoms with Crippen molar-refractivity contribution in [3.8, 4) is 5.75 Å². The summed E-state index contributed by atoms with van der Waals surface area (Å²) in [4.78, 5) is 2.36. The van der Waals surface area contributed by atoms with E-state index in [4.69, 9.17) is 16.3 Å². The number of benzene rings is 1. The Labute approximate surface area is 120 Å². The van der Waals surface area contributed by atoms with Gasteiger partial charge < -0.3 is 15.0 Å². The molecule has 2 rings (SSSR count). The number of rotatable bonds is 5. The van der Waals surface area contributed by atoms with Crippen molar-refractivity contribution in [3.63, 3.8) is 0 Å². The lowest BCUT2D eigenvalue weighted by atomic mass is 10.1. The van der Waals surface area contributed by atoms with E-state index in [1.807, 2.05) is 18.2 Å². The minimum absolute atomic E-state index is 0.511. The highest BCUT2D eigenvalue weighted by atomic mass is 35.5. The van der Waals surface area contributed by atoms with Gasteiger partial charge in [0.15, 0.2) is 0 Å². The second-order valence-corrected chi connectivity index (χ2v) is 5.65. The predicted molar refractivity (Wildman–Crippen MR) is 81.4 cm³/mol. The third kappa shape index (κ3) is 4.29. The number of likely N-dealkylation sites (N-methyl/N-ethyl adjacent to an activating group) is 1. The fourth-order valence-corrected chi connectivity index (χ4v) is 2.67. The van der Waals surface area contributed by atoms with Crippen LogP contribution in [-0.4, -0.2) is 37.7 Å². The lowest BCUT2D eigenvalue weighted by Gasteiger charge is -2.31. The molecule has 1 atom stereocenters. The molecule has 0 aromatic heterocycles. The zero-order chi connectivity index (χ0) is 13.7. The number of ether oxygens (including phenoxy) is 1. The van der Waals surface area contributed by atoms with Gasteiger partial charge in [0.05, 0.1) is 11.6 Å². The van der Waals surface area contributed by atoms with Gasteiger partial charge in [0, 0.05) is 18.3 Å². The van der Waals surface area contributed by atoms with Gasteiger partial charge in [-0.1, -0.05) is 18.5 Å². The molecule has 1 aromatic carbocycles. The quantitative estimate of drug-likeness (QED) is 0.892. The first-order chi connectivity index (χ1) is 9.19. The van der Waals surface area contributed by atoms with Crippen LogP contribution in [-0.2, 0) is 0 Å². The molecular weight excluding hydrogens is 260 g/mol. The maximum atomic E-state index is 6.24. The largest absolute Gasteiger partial charge is 0.492 e. The van der Waals surface area contributed by atoms with Crippen LogP contribution in [0.15, 0.2) is 18.2 Å². The number of hydrogen-bond acceptors (Lipinski definition) is 3. The van der Waals surface area contributed by atoms with Crippen LogP contribution < -0.4 is 10.1 Å². The first-order valence-corrected chi connectivity index (χ1v) is 7.44. The number of halogens is 1. The van der Waals surface area contributed by atoms with Crippen molar-refractivity contribution in [1.29, 1.82) is 0 Å². The smallest absolute Gasteiger partial charge is 0.138 e. The standard InChI is InChI=1S/C15H23ClN2O/c1-3-9-19-15-7-6-12(10-14(15)16)17-13-5-4-8-18(2)11-13/h6-7,10,13,17H,3-5,8-9,11H2,1-2H3. The zero-order valence-electron chi connectivity index (χ0n) is 11.8. The van der Waals surface area contributed by atoms with E-state index in [9.17, 15) is 0 Å². The van der Waals surface area contributed by atoms with Gasteiger partial charge in [0.1, 0.15) is 5.75 Å². The highest BCUT2D eigenvalue weighted by Crippen LogP contribution is 2.28. The minimum atomic E-state index is 0.511. The molecule has 19 heavy (non-hydrogen) atoms. The van der Waals surface area contributed by atoms with E-state index in [-0.39, 0.29) is 0 Å². The van der Waals surface area contributed by atoms with Crippen molar-refractivity contribution >= 4 is 17.3 Å². The average Bonchev–Trinajstić information content (AvgIpc) is 2.38. The van der Waals surface area contributed by atoms with Crippen LogP contribution in [0.3, 0.4) is 0 Å². The summed E-state index contributed by atoms with van der Waals surface area (Å²) < 4.78 is 5.58. The molecule has 1 N–H and O–H groups in total. The van der Waals surface area contributed by atoms with E-state index in [1.165, 1.54) is 19.4 Å². The average molecular weight is 283 g/mol. The summed E-state index contributed by atoms with van der Waals surface area (Å²) >= 11 is 6.24. The summed E-state index contributed by atoms with van der Waals surface area (Å²) in [5.74, 6) is 0.773. The zero-order valence-corrected chi connectivity index (χ0v) is 12.5. The molecule has 4 heteroatoms. The molecule has 1 aliphatic rings. The summed E-state index contributed by atoms with van der Waals surface area (Å²) in [7, 11) is 2.17. The van der Waals surface area contributed by atoms with E-state index in [1.54, 1.807) is 0 Å². The van der Waals surface area contributed by atoms with Gasteiger partial charge in [0.25, 0.3) is 0 Å². The Morgan fingerprint density at radius 1 is 1.47 bits per heavy atom. The summed E-state index contributed by atoms with van der Waals surface area (Å²) in [5, 5.41) is 4.24. The van der Waals surface area contributed by atoms with E-state index in [2.05, 4.69) is 24.2 Å². The van der Waals surface area contributed by atoms with Gasteiger partial charge in [-0.3, -0.25) is 0 Å². The van der Waals surface area contributed by atoms with Gasteiger partial charge in [-0.2, -0.15) is 0 Å². The van der Waals surface area contributed by atoms with Crippen LogP contribution in [0.5, 0.6) is 5.75 Å². The number of nitrogens with zero attached hydrogens (tertiary/aromatic N) is 1. The first-order valence-electron chi connectivity index (χ1n) is 7.06. The maximum Gasteiger partial charge on any atom is 0.138 e. The normalized spacial score (nSPS) is 20.3. The van der Waals surface area contributed by atoms with Gasteiger partial charge in [-0.15, -0.1) is 0 Å². The molecule has 1 heterocycles. The Kier molecular flexibility index (Phi) is 5.34. The van der Waals surface area contributed by atoms with Gasteiger partial charge in [0.2, 0.25) is 0 Å². The molecule has 3 nitrogen and oxygen atoms in total. The van der Waals surface area contributed by atoms with Crippen LogP contribution >= 0.6 is 11.6 Å². The summed E-state index contributed by atoms with van der Waals surface area (Å²) in [6.07, 6.45) is 3.46. The van der Waals surface area contributed by atoms with E-state index in [0.29, 0.717) is 17.7 Å². The molecule has 0 aliphatic carbocycles. The first kappa shape index (κ1) is 14.5. The Hall–Kier alpha value is -0.930. The Bertz CT molecular complexity index is 411. The van der Waals surface area contributed by atoms with Crippen LogP contribution in [0.25, 0.3) is 0 Å². The molecule has 1 aromatic rings. The van der Waals surface area contributed by atoms with Crippen molar-refractivity contribution in [3.05, 3.63) is 23.2 Å². The summed E-state index contributed by atoms with van der Waals surface area (Å²) in [5.41, 5.74) is 1.08. The van der Waals surface area contributed by atoms with Gasteiger partial charge >= 0.3 is 0 Å². The van der Waals surface area contributed by atoms with Crippen molar-refractivity contribution < 1.29 is 4.74 Å². The molecule has 0 amide bonds. The van der Waals surface area contributed by atoms with Crippen molar-refractivity contribution in [2.45, 2.75) is 32.2 Å². The summed E-state index contributed by atoms with van der Waals surface area (Å²) in [6.45, 7) is 5.08. The lowest BCUT2D eigenvalue weighted by molar-refractivity contribution is 0.261. The molecule has 1 saturated heterocycles. The van der Waals surface area contributed by atoms with Crippen LogP contribution in [0, 0.1) is 0 Å². The van der Waals surface area contributed by atoms with Crippen LogP contribution in [0.2, 0.25) is 5.02 Å². The Balaban J connectivity index is 1.95. The van der Waals surface area contributed by atoms with Gasteiger partial charge in [-0.05, 0) is 51.1 Å². The minimum Gasteiger partial charge on any atom is -0.492 e. The van der Waals surface area contributed by atoms with Gasteiger partial charge in [-0.25, -0.2) is 0 Å². The highest BCUT2D eigenvalue weighted by molar-refractivity contribution is 6.32. The van der Waals surface area contributed by atoms with Crippen molar-refractivity contribution in [1.82, 2.24) is 4.90 Å². The number of piperidine rings is 1. The third-order valence-electron chi connectivity index (χ3n) is 3.39. The molecular formula is C15H23ClN2O. The highest BCUT2D eigenvalue weighted by Gasteiger charge is 2.17. The molecule has 1 aliphatic heterocycles. The molecule has 1 unspecified atom stereocenters. The molecule has 0 bridgehead atoms. The van der Waals surface area contributed by atoms with E-state index in [0.717, 1.165) is 24.4 Å². The predicted octanol–water partition coefficient (Wildman–Crippen LogP) is 3.63. The number of nitrogens with one attached hydrogen (secondary N) is 1. The third-order valence-corrected chi connectivity index (χ3v) is 3.68. The molecule has 0 spiro atoms. The van der Waals surface area contributed by atoms with Crippen molar-refractivity contribution in [2.75, 3.05) is 32.1 Å². The summed E-state index contributed by atoms with van der Waals surface area (Å²) in [6, 6.07) is 6.47. The molecule has 0 radical (unpaired) electrons. The molecule has 106 valence electrons. The second-order valence-electron chi connectivity index (χ2n) is 5.24. The monoisotopic (exact) mass is 282 g/mol. The molecule has 0 saturated carbocycles.